The lowest BCUT2D eigenvalue weighted by Crippen LogP contribution is -2.27. The van der Waals surface area contributed by atoms with E-state index in [4.69, 9.17) is 9.47 Å². The van der Waals surface area contributed by atoms with Gasteiger partial charge < -0.3 is 9.47 Å². The Bertz CT molecular complexity index is 226. The average molecular weight is 246 g/mol. The second-order valence-corrected chi connectivity index (χ2v) is 5.26. The highest BCUT2D eigenvalue weighted by Gasteiger charge is 2.18. The molecule has 0 fully saturated rings. The molecule has 0 saturated heterocycles. The molecule has 1 unspecified atom stereocenters. The molecule has 0 radical (unpaired) electrons. The van der Waals surface area contributed by atoms with Gasteiger partial charge >= 0.3 is 5.97 Å². The third kappa shape index (κ3) is 6.90. The van der Waals surface area contributed by atoms with Crippen LogP contribution in [0.1, 0.15) is 27.7 Å². The number of rotatable bonds is 8. The Morgan fingerprint density at radius 3 is 2.50 bits per heavy atom. The van der Waals surface area contributed by atoms with Crippen molar-refractivity contribution in [1.29, 1.82) is 0 Å². The molecule has 0 spiro atoms. The molecule has 4 heteroatoms. The summed E-state index contributed by atoms with van der Waals surface area (Å²) in [7, 11) is 0. The number of thioether (sulfide) groups is 1. The number of hydrogen-bond donors (Lipinski definition) is 0. The van der Waals surface area contributed by atoms with Gasteiger partial charge in [-0.05, 0) is 12.7 Å². The van der Waals surface area contributed by atoms with Crippen molar-refractivity contribution >= 4 is 17.7 Å². The topological polar surface area (TPSA) is 35.5 Å². The molecule has 0 aliphatic carbocycles. The maximum atomic E-state index is 11.3. The van der Waals surface area contributed by atoms with E-state index in [2.05, 4.69) is 13.5 Å². The van der Waals surface area contributed by atoms with Crippen molar-refractivity contribution in [3.63, 3.8) is 0 Å². The molecular formula is C12H22O3S. The van der Waals surface area contributed by atoms with Crippen LogP contribution in [-0.2, 0) is 14.3 Å². The molecule has 0 aromatic heterocycles. The quantitative estimate of drug-likeness (QED) is 0.285. The first kappa shape index (κ1) is 15.5. The van der Waals surface area contributed by atoms with Gasteiger partial charge in [-0.2, -0.15) is 11.8 Å². The standard InChI is InChI=1S/C12H22O3S/c1-6-16-8-7-14-12(10(4)5)15-11(13)9(2)3/h10,12H,2,6-8H2,1,3-5H3. The number of hydrogen-bond acceptors (Lipinski definition) is 4. The van der Waals surface area contributed by atoms with Crippen LogP contribution in [0.2, 0.25) is 0 Å². The number of carbonyl (C=O) groups excluding carboxylic acids is 1. The SMILES string of the molecule is C=C(C)C(=O)OC(OCCSCC)C(C)C. The molecule has 0 aromatic rings. The van der Waals surface area contributed by atoms with Crippen LogP contribution in [0.4, 0.5) is 0 Å². The van der Waals surface area contributed by atoms with E-state index in [0.29, 0.717) is 12.2 Å². The molecule has 0 heterocycles. The largest absolute Gasteiger partial charge is 0.432 e. The van der Waals surface area contributed by atoms with Crippen LogP contribution >= 0.6 is 11.8 Å². The predicted octanol–water partition coefficient (Wildman–Crippen LogP) is 2.86. The number of ether oxygens (including phenoxy) is 2. The average Bonchev–Trinajstić information content (AvgIpc) is 2.21. The summed E-state index contributed by atoms with van der Waals surface area (Å²) in [6, 6.07) is 0. The second-order valence-electron chi connectivity index (χ2n) is 3.87. The summed E-state index contributed by atoms with van der Waals surface area (Å²) < 4.78 is 10.7. The van der Waals surface area contributed by atoms with Gasteiger partial charge in [0.05, 0.1) is 6.61 Å². The minimum absolute atomic E-state index is 0.148. The first-order valence-electron chi connectivity index (χ1n) is 5.54. The molecule has 94 valence electrons. The fraction of sp³-hybridized carbons (Fsp3) is 0.750. The highest BCUT2D eigenvalue weighted by molar-refractivity contribution is 7.99. The van der Waals surface area contributed by atoms with E-state index in [1.807, 2.05) is 13.8 Å². The fourth-order valence-electron chi connectivity index (χ4n) is 0.936. The molecule has 0 aromatic carbocycles. The monoisotopic (exact) mass is 246 g/mol. The zero-order chi connectivity index (χ0) is 12.6. The van der Waals surface area contributed by atoms with Gasteiger partial charge in [0, 0.05) is 17.2 Å². The summed E-state index contributed by atoms with van der Waals surface area (Å²) >= 11 is 1.80. The second kappa shape index (κ2) is 8.65. The predicted molar refractivity (Wildman–Crippen MR) is 68.5 cm³/mol. The molecular weight excluding hydrogens is 224 g/mol. The zero-order valence-electron chi connectivity index (χ0n) is 10.6. The van der Waals surface area contributed by atoms with Gasteiger partial charge in [0.2, 0.25) is 6.29 Å². The first-order chi connectivity index (χ1) is 7.49. The molecule has 0 bridgehead atoms. The van der Waals surface area contributed by atoms with Crippen LogP contribution in [-0.4, -0.2) is 30.4 Å². The Morgan fingerprint density at radius 1 is 1.44 bits per heavy atom. The molecule has 0 aliphatic heterocycles. The van der Waals surface area contributed by atoms with Crippen LogP contribution in [0.3, 0.4) is 0 Å². The van der Waals surface area contributed by atoms with Crippen molar-refractivity contribution in [2.24, 2.45) is 5.92 Å². The van der Waals surface area contributed by atoms with Gasteiger partial charge in [0.25, 0.3) is 0 Å². The van der Waals surface area contributed by atoms with E-state index in [-0.39, 0.29) is 11.9 Å². The van der Waals surface area contributed by atoms with Crippen LogP contribution in [0.5, 0.6) is 0 Å². The summed E-state index contributed by atoms with van der Waals surface area (Å²) in [5, 5.41) is 0. The lowest BCUT2D eigenvalue weighted by Gasteiger charge is -2.21. The molecule has 16 heavy (non-hydrogen) atoms. The Kier molecular flexibility index (Phi) is 8.39. The van der Waals surface area contributed by atoms with Crippen molar-refractivity contribution in [3.8, 4) is 0 Å². The van der Waals surface area contributed by atoms with E-state index in [9.17, 15) is 4.79 Å². The maximum Gasteiger partial charge on any atom is 0.335 e. The Labute approximate surface area is 103 Å². The van der Waals surface area contributed by atoms with Crippen molar-refractivity contribution in [1.82, 2.24) is 0 Å². The lowest BCUT2D eigenvalue weighted by atomic mass is 10.2. The van der Waals surface area contributed by atoms with E-state index in [1.54, 1.807) is 18.7 Å². The Morgan fingerprint density at radius 2 is 2.06 bits per heavy atom. The van der Waals surface area contributed by atoms with Crippen molar-refractivity contribution in [2.45, 2.75) is 34.0 Å². The summed E-state index contributed by atoms with van der Waals surface area (Å²) in [5.74, 6) is 1.75. The summed E-state index contributed by atoms with van der Waals surface area (Å²) in [6.45, 7) is 11.8. The minimum Gasteiger partial charge on any atom is -0.432 e. The summed E-state index contributed by atoms with van der Waals surface area (Å²) in [5.41, 5.74) is 0.400. The van der Waals surface area contributed by atoms with E-state index >= 15 is 0 Å². The molecule has 0 amide bonds. The molecule has 3 nitrogen and oxygen atoms in total. The third-order valence-electron chi connectivity index (χ3n) is 1.83. The van der Waals surface area contributed by atoms with E-state index in [0.717, 1.165) is 11.5 Å². The van der Waals surface area contributed by atoms with Crippen molar-refractivity contribution in [2.75, 3.05) is 18.1 Å². The van der Waals surface area contributed by atoms with Crippen LogP contribution in [0.15, 0.2) is 12.2 Å². The van der Waals surface area contributed by atoms with Crippen LogP contribution in [0.25, 0.3) is 0 Å². The first-order valence-corrected chi connectivity index (χ1v) is 6.70. The van der Waals surface area contributed by atoms with Crippen molar-refractivity contribution in [3.05, 3.63) is 12.2 Å². The lowest BCUT2D eigenvalue weighted by molar-refractivity contribution is -0.182. The number of carbonyl (C=O) groups is 1. The highest BCUT2D eigenvalue weighted by atomic mass is 32.2. The van der Waals surface area contributed by atoms with Crippen LogP contribution < -0.4 is 0 Å². The Balaban J connectivity index is 3.98. The minimum atomic E-state index is -0.471. The third-order valence-corrected chi connectivity index (χ3v) is 2.69. The van der Waals surface area contributed by atoms with Gasteiger partial charge in [-0.3, -0.25) is 0 Å². The van der Waals surface area contributed by atoms with Gasteiger partial charge in [0.1, 0.15) is 0 Å². The van der Waals surface area contributed by atoms with Gasteiger partial charge in [-0.25, -0.2) is 4.79 Å². The molecule has 0 saturated carbocycles. The molecule has 1 atom stereocenters. The fourth-order valence-corrected chi connectivity index (χ4v) is 1.44. The number of esters is 1. The van der Waals surface area contributed by atoms with E-state index in [1.165, 1.54) is 0 Å². The summed E-state index contributed by atoms with van der Waals surface area (Å²) in [6.07, 6.45) is -0.471. The van der Waals surface area contributed by atoms with Gasteiger partial charge in [-0.15, -0.1) is 0 Å². The maximum absolute atomic E-state index is 11.3. The van der Waals surface area contributed by atoms with Crippen LogP contribution in [0, 0.1) is 5.92 Å². The molecule has 0 rings (SSSR count). The normalized spacial score (nSPS) is 12.6. The van der Waals surface area contributed by atoms with Gasteiger partial charge in [0.15, 0.2) is 0 Å². The highest BCUT2D eigenvalue weighted by Crippen LogP contribution is 2.11. The Hall–Kier alpha value is -0.480. The summed E-state index contributed by atoms with van der Waals surface area (Å²) in [4.78, 5) is 11.3. The molecule has 0 aliphatic rings. The van der Waals surface area contributed by atoms with Gasteiger partial charge in [-0.1, -0.05) is 27.4 Å². The van der Waals surface area contributed by atoms with Crippen molar-refractivity contribution < 1.29 is 14.3 Å². The molecule has 0 N–H and O–H groups in total. The zero-order valence-corrected chi connectivity index (χ0v) is 11.4. The smallest absolute Gasteiger partial charge is 0.335 e. The van der Waals surface area contributed by atoms with E-state index < -0.39 is 6.29 Å².